The Hall–Kier alpha value is -1.01. The summed E-state index contributed by atoms with van der Waals surface area (Å²) in [5, 5.41) is 2.70. The van der Waals surface area contributed by atoms with E-state index in [0.717, 1.165) is 6.54 Å². The minimum Gasteiger partial charge on any atom is -0.344 e. The molecule has 0 aromatic rings. The molecule has 1 heterocycles. The molecule has 1 saturated heterocycles. The first kappa shape index (κ1) is 12.1. The van der Waals surface area contributed by atoms with Gasteiger partial charge < -0.3 is 5.32 Å². The van der Waals surface area contributed by atoms with Gasteiger partial charge in [-0.2, -0.15) is 0 Å². The minimum absolute atomic E-state index is 0.0432. The van der Waals surface area contributed by atoms with Crippen LogP contribution in [0.15, 0.2) is 0 Å². The quantitative estimate of drug-likeness (QED) is 0.702. The molecule has 0 spiro atoms. The van der Waals surface area contributed by atoms with Crippen molar-refractivity contribution >= 4 is 5.91 Å². The highest BCUT2D eigenvalue weighted by molar-refractivity contribution is 5.78. The average molecular weight is 208 g/mol. The van der Waals surface area contributed by atoms with Crippen LogP contribution in [0.1, 0.15) is 32.6 Å². The molecule has 1 atom stereocenters. The van der Waals surface area contributed by atoms with Gasteiger partial charge in [0.1, 0.15) is 0 Å². The zero-order valence-corrected chi connectivity index (χ0v) is 9.46. The first-order valence-electron chi connectivity index (χ1n) is 5.68. The Bertz CT molecular complexity index is 244. The van der Waals surface area contributed by atoms with E-state index in [4.69, 9.17) is 6.42 Å². The lowest BCUT2D eigenvalue weighted by Gasteiger charge is -2.25. The molecule has 0 radical (unpaired) electrons. The SMILES string of the molecule is C#CCNC(=O)CN1CCCCCC1C. The number of nitrogens with one attached hydrogen (secondary N) is 1. The fourth-order valence-electron chi connectivity index (χ4n) is 1.96. The molecule has 0 saturated carbocycles. The molecule has 0 aliphatic carbocycles. The van der Waals surface area contributed by atoms with Crippen LogP contribution < -0.4 is 5.32 Å². The topological polar surface area (TPSA) is 32.3 Å². The molecule has 3 heteroatoms. The Morgan fingerprint density at radius 3 is 3.07 bits per heavy atom. The molecular formula is C12H20N2O. The number of carbonyl (C=O) groups is 1. The Morgan fingerprint density at radius 2 is 2.33 bits per heavy atom. The van der Waals surface area contributed by atoms with Crippen LogP contribution in [0.4, 0.5) is 0 Å². The van der Waals surface area contributed by atoms with E-state index in [0.29, 0.717) is 19.1 Å². The standard InChI is InChI=1S/C12H20N2O/c1-3-8-13-12(15)10-14-9-6-4-5-7-11(14)2/h1,11H,4-10H2,2H3,(H,13,15). The fraction of sp³-hybridized carbons (Fsp3) is 0.750. The summed E-state index contributed by atoms with van der Waals surface area (Å²) in [7, 11) is 0. The molecule has 0 aromatic carbocycles. The van der Waals surface area contributed by atoms with E-state index in [1.165, 1.54) is 25.7 Å². The van der Waals surface area contributed by atoms with Gasteiger partial charge in [-0.3, -0.25) is 9.69 Å². The van der Waals surface area contributed by atoms with Crippen molar-refractivity contribution in [2.45, 2.75) is 38.6 Å². The minimum atomic E-state index is 0.0432. The molecule has 1 N–H and O–H groups in total. The Balaban J connectivity index is 2.34. The van der Waals surface area contributed by atoms with E-state index >= 15 is 0 Å². The predicted octanol–water partition coefficient (Wildman–Crippen LogP) is 1.00. The molecule has 1 aliphatic heterocycles. The summed E-state index contributed by atoms with van der Waals surface area (Å²) < 4.78 is 0. The lowest BCUT2D eigenvalue weighted by atomic mass is 10.1. The Labute approximate surface area is 92.2 Å². The fourth-order valence-corrected chi connectivity index (χ4v) is 1.96. The van der Waals surface area contributed by atoms with Gasteiger partial charge in [-0.25, -0.2) is 0 Å². The molecule has 1 unspecified atom stereocenters. The molecule has 1 amide bonds. The zero-order valence-electron chi connectivity index (χ0n) is 9.46. The summed E-state index contributed by atoms with van der Waals surface area (Å²) >= 11 is 0. The van der Waals surface area contributed by atoms with Crippen molar-refractivity contribution in [1.82, 2.24) is 10.2 Å². The summed E-state index contributed by atoms with van der Waals surface area (Å²) in [5.41, 5.74) is 0. The van der Waals surface area contributed by atoms with Gasteiger partial charge in [0.25, 0.3) is 0 Å². The third kappa shape index (κ3) is 4.35. The molecule has 1 fully saturated rings. The molecule has 84 valence electrons. The Morgan fingerprint density at radius 1 is 1.53 bits per heavy atom. The number of likely N-dealkylation sites (tertiary alicyclic amines) is 1. The van der Waals surface area contributed by atoms with Gasteiger partial charge in [-0.05, 0) is 26.3 Å². The summed E-state index contributed by atoms with van der Waals surface area (Å²) in [6.07, 6.45) is 10.0. The molecule has 3 nitrogen and oxygen atoms in total. The molecule has 1 rings (SSSR count). The van der Waals surface area contributed by atoms with Gasteiger partial charge in [0.15, 0.2) is 0 Å². The van der Waals surface area contributed by atoms with Crippen molar-refractivity contribution in [3.63, 3.8) is 0 Å². The summed E-state index contributed by atoms with van der Waals surface area (Å²) in [5.74, 6) is 2.45. The van der Waals surface area contributed by atoms with Crippen LogP contribution in [0, 0.1) is 12.3 Å². The Kier molecular flexibility index (Phi) is 5.20. The third-order valence-corrected chi connectivity index (χ3v) is 2.92. The predicted molar refractivity (Wildman–Crippen MR) is 61.3 cm³/mol. The van der Waals surface area contributed by atoms with Gasteiger partial charge in [0, 0.05) is 6.04 Å². The normalized spacial score (nSPS) is 22.8. The van der Waals surface area contributed by atoms with Crippen LogP contribution in [0.3, 0.4) is 0 Å². The number of rotatable bonds is 3. The van der Waals surface area contributed by atoms with Crippen molar-refractivity contribution in [3.8, 4) is 12.3 Å². The zero-order chi connectivity index (χ0) is 11.1. The molecular weight excluding hydrogens is 188 g/mol. The van der Waals surface area contributed by atoms with Crippen molar-refractivity contribution < 1.29 is 4.79 Å². The molecule has 0 aromatic heterocycles. The molecule has 0 bridgehead atoms. The van der Waals surface area contributed by atoms with Gasteiger partial charge >= 0.3 is 0 Å². The van der Waals surface area contributed by atoms with Crippen LogP contribution in [0.2, 0.25) is 0 Å². The lowest BCUT2D eigenvalue weighted by Crippen LogP contribution is -2.41. The number of terminal acetylenes is 1. The van der Waals surface area contributed by atoms with Crippen molar-refractivity contribution in [2.24, 2.45) is 0 Å². The number of hydrogen-bond acceptors (Lipinski definition) is 2. The maximum absolute atomic E-state index is 11.5. The van der Waals surface area contributed by atoms with E-state index < -0.39 is 0 Å². The van der Waals surface area contributed by atoms with Crippen LogP contribution in [0.5, 0.6) is 0 Å². The van der Waals surface area contributed by atoms with Crippen molar-refractivity contribution in [1.29, 1.82) is 0 Å². The maximum atomic E-state index is 11.5. The van der Waals surface area contributed by atoms with Crippen LogP contribution in [-0.4, -0.2) is 36.5 Å². The van der Waals surface area contributed by atoms with Gasteiger partial charge in [-0.1, -0.05) is 18.8 Å². The second kappa shape index (κ2) is 6.47. The third-order valence-electron chi connectivity index (χ3n) is 2.92. The second-order valence-electron chi connectivity index (χ2n) is 4.15. The number of hydrogen-bond donors (Lipinski definition) is 1. The maximum Gasteiger partial charge on any atom is 0.234 e. The smallest absolute Gasteiger partial charge is 0.234 e. The van der Waals surface area contributed by atoms with Crippen LogP contribution >= 0.6 is 0 Å². The first-order valence-corrected chi connectivity index (χ1v) is 5.68. The lowest BCUT2D eigenvalue weighted by molar-refractivity contribution is -0.122. The van der Waals surface area contributed by atoms with E-state index in [2.05, 4.69) is 23.1 Å². The van der Waals surface area contributed by atoms with E-state index in [1.807, 2.05) is 0 Å². The highest BCUT2D eigenvalue weighted by atomic mass is 16.2. The summed E-state index contributed by atoms with van der Waals surface area (Å²) in [6.45, 7) is 4.05. The van der Waals surface area contributed by atoms with E-state index in [1.54, 1.807) is 0 Å². The highest BCUT2D eigenvalue weighted by Crippen LogP contribution is 2.15. The number of carbonyl (C=O) groups excluding carboxylic acids is 1. The van der Waals surface area contributed by atoms with Crippen LogP contribution in [0.25, 0.3) is 0 Å². The summed E-state index contributed by atoms with van der Waals surface area (Å²) in [6, 6.07) is 0.518. The van der Waals surface area contributed by atoms with E-state index in [9.17, 15) is 4.79 Å². The van der Waals surface area contributed by atoms with Crippen molar-refractivity contribution in [3.05, 3.63) is 0 Å². The second-order valence-corrected chi connectivity index (χ2v) is 4.15. The highest BCUT2D eigenvalue weighted by Gasteiger charge is 2.18. The first-order chi connectivity index (χ1) is 7.24. The number of nitrogens with zero attached hydrogens (tertiary/aromatic N) is 1. The molecule has 15 heavy (non-hydrogen) atoms. The van der Waals surface area contributed by atoms with Gasteiger partial charge in [-0.15, -0.1) is 6.42 Å². The summed E-state index contributed by atoms with van der Waals surface area (Å²) in [4.78, 5) is 13.7. The molecule has 1 aliphatic rings. The van der Waals surface area contributed by atoms with E-state index in [-0.39, 0.29) is 5.91 Å². The van der Waals surface area contributed by atoms with Crippen LogP contribution in [-0.2, 0) is 4.79 Å². The monoisotopic (exact) mass is 208 g/mol. The number of amides is 1. The van der Waals surface area contributed by atoms with Gasteiger partial charge in [0.2, 0.25) is 5.91 Å². The van der Waals surface area contributed by atoms with Gasteiger partial charge in [0.05, 0.1) is 13.1 Å². The largest absolute Gasteiger partial charge is 0.344 e. The van der Waals surface area contributed by atoms with Crippen molar-refractivity contribution in [2.75, 3.05) is 19.6 Å². The average Bonchev–Trinajstić information content (AvgIpc) is 2.42.